The van der Waals surface area contributed by atoms with Gasteiger partial charge in [0.05, 0.1) is 12.6 Å². The predicted octanol–water partition coefficient (Wildman–Crippen LogP) is 2.87. The molecule has 0 aromatic rings. The fourth-order valence-corrected chi connectivity index (χ4v) is 2.17. The standard InChI is InChI=1S/C12H16F4N2O/c13-9(14)12(15,16)8-18-10(19)11(7-17)5-3-1-2-4-6-11/h9H,1-6,8H2,(H,18,19). The Labute approximate surface area is 109 Å². The predicted molar refractivity (Wildman–Crippen MR) is 59.7 cm³/mol. The van der Waals surface area contributed by atoms with Gasteiger partial charge in [-0.3, -0.25) is 4.79 Å². The summed E-state index contributed by atoms with van der Waals surface area (Å²) in [7, 11) is 0. The third-order valence-corrected chi connectivity index (χ3v) is 3.41. The zero-order valence-corrected chi connectivity index (χ0v) is 10.4. The van der Waals surface area contributed by atoms with E-state index < -0.39 is 30.2 Å². The Balaban J connectivity index is 2.67. The van der Waals surface area contributed by atoms with Gasteiger partial charge in [0.2, 0.25) is 5.91 Å². The molecular weight excluding hydrogens is 264 g/mol. The molecular formula is C12H16F4N2O. The van der Waals surface area contributed by atoms with Crippen molar-refractivity contribution in [3.05, 3.63) is 0 Å². The number of nitrogens with one attached hydrogen (secondary N) is 1. The molecule has 0 aromatic carbocycles. The van der Waals surface area contributed by atoms with E-state index in [-0.39, 0.29) is 12.8 Å². The molecule has 19 heavy (non-hydrogen) atoms. The number of alkyl halides is 4. The van der Waals surface area contributed by atoms with E-state index in [4.69, 9.17) is 5.26 Å². The number of rotatable bonds is 4. The highest BCUT2D eigenvalue weighted by atomic mass is 19.3. The molecule has 0 bridgehead atoms. The van der Waals surface area contributed by atoms with Gasteiger partial charge in [-0.25, -0.2) is 8.78 Å². The van der Waals surface area contributed by atoms with Crippen LogP contribution in [0.1, 0.15) is 38.5 Å². The van der Waals surface area contributed by atoms with Gasteiger partial charge in [-0.2, -0.15) is 14.0 Å². The number of halogens is 4. The SMILES string of the molecule is N#CC1(C(=O)NCC(F)(F)C(F)F)CCCCCC1. The van der Waals surface area contributed by atoms with Gasteiger partial charge in [0.1, 0.15) is 5.41 Å². The van der Waals surface area contributed by atoms with E-state index in [1.165, 1.54) is 0 Å². The third-order valence-electron chi connectivity index (χ3n) is 3.41. The molecule has 0 atom stereocenters. The molecule has 7 heteroatoms. The van der Waals surface area contributed by atoms with Gasteiger partial charge in [0.25, 0.3) is 0 Å². The maximum atomic E-state index is 12.7. The topological polar surface area (TPSA) is 52.9 Å². The number of hydrogen-bond donors (Lipinski definition) is 1. The Bertz CT molecular complexity index is 357. The molecule has 1 aliphatic carbocycles. The largest absolute Gasteiger partial charge is 0.348 e. The summed E-state index contributed by atoms with van der Waals surface area (Å²) in [5.41, 5.74) is -1.35. The quantitative estimate of drug-likeness (QED) is 0.636. The first kappa shape index (κ1) is 15.7. The Hall–Kier alpha value is -1.32. The fraction of sp³-hybridized carbons (Fsp3) is 0.833. The maximum absolute atomic E-state index is 12.7. The number of hydrogen-bond acceptors (Lipinski definition) is 2. The van der Waals surface area contributed by atoms with Crippen molar-refractivity contribution in [2.24, 2.45) is 5.41 Å². The molecule has 1 rings (SSSR count). The lowest BCUT2D eigenvalue weighted by Crippen LogP contribution is -2.47. The van der Waals surface area contributed by atoms with Crippen LogP contribution in [0.5, 0.6) is 0 Å². The molecule has 0 unspecified atom stereocenters. The van der Waals surface area contributed by atoms with E-state index in [1.807, 2.05) is 6.07 Å². The first-order chi connectivity index (χ1) is 8.84. The van der Waals surface area contributed by atoms with Crippen LogP contribution in [0.25, 0.3) is 0 Å². The van der Waals surface area contributed by atoms with Crippen molar-refractivity contribution >= 4 is 5.91 Å². The molecule has 1 fully saturated rings. The van der Waals surface area contributed by atoms with Gasteiger partial charge in [-0.1, -0.05) is 25.7 Å². The normalized spacial score (nSPS) is 19.6. The molecule has 1 saturated carbocycles. The monoisotopic (exact) mass is 280 g/mol. The average Bonchev–Trinajstić information content (AvgIpc) is 2.62. The maximum Gasteiger partial charge on any atom is 0.324 e. The molecule has 0 aromatic heterocycles. The molecule has 0 saturated heterocycles. The summed E-state index contributed by atoms with van der Waals surface area (Å²) < 4.78 is 49.4. The van der Waals surface area contributed by atoms with E-state index in [0.717, 1.165) is 12.8 Å². The van der Waals surface area contributed by atoms with Crippen LogP contribution in [0.2, 0.25) is 0 Å². The summed E-state index contributed by atoms with van der Waals surface area (Å²) in [4.78, 5) is 11.9. The molecule has 108 valence electrons. The van der Waals surface area contributed by atoms with Crippen molar-refractivity contribution in [2.75, 3.05) is 6.54 Å². The third kappa shape index (κ3) is 3.82. The lowest BCUT2D eigenvalue weighted by molar-refractivity contribution is -0.141. The van der Waals surface area contributed by atoms with E-state index >= 15 is 0 Å². The first-order valence-electron chi connectivity index (χ1n) is 6.20. The number of nitrogens with zero attached hydrogens (tertiary/aromatic N) is 1. The Morgan fingerprint density at radius 3 is 2.21 bits per heavy atom. The molecule has 1 amide bonds. The lowest BCUT2D eigenvalue weighted by atomic mass is 9.81. The van der Waals surface area contributed by atoms with Crippen LogP contribution < -0.4 is 5.32 Å². The van der Waals surface area contributed by atoms with Crippen LogP contribution >= 0.6 is 0 Å². The smallest absolute Gasteiger partial charge is 0.324 e. The van der Waals surface area contributed by atoms with Gasteiger partial charge >= 0.3 is 12.3 Å². The minimum absolute atomic E-state index is 0.287. The summed E-state index contributed by atoms with van der Waals surface area (Å²) in [5.74, 6) is -5.13. The number of amides is 1. The summed E-state index contributed by atoms with van der Waals surface area (Å²) >= 11 is 0. The van der Waals surface area contributed by atoms with Crippen molar-refractivity contribution in [1.82, 2.24) is 5.32 Å². The average molecular weight is 280 g/mol. The van der Waals surface area contributed by atoms with E-state index in [9.17, 15) is 22.4 Å². The van der Waals surface area contributed by atoms with Crippen molar-refractivity contribution in [3.8, 4) is 6.07 Å². The minimum atomic E-state index is -4.27. The molecule has 3 nitrogen and oxygen atoms in total. The van der Waals surface area contributed by atoms with Gasteiger partial charge in [-0.05, 0) is 12.8 Å². The van der Waals surface area contributed by atoms with Crippen LogP contribution in [-0.4, -0.2) is 24.8 Å². The minimum Gasteiger partial charge on any atom is -0.348 e. The molecule has 0 radical (unpaired) electrons. The van der Waals surface area contributed by atoms with Crippen molar-refractivity contribution in [1.29, 1.82) is 5.26 Å². The van der Waals surface area contributed by atoms with Gasteiger partial charge in [0.15, 0.2) is 0 Å². The summed E-state index contributed by atoms with van der Waals surface area (Å²) in [6.45, 7) is -1.44. The first-order valence-corrected chi connectivity index (χ1v) is 6.20. The Kier molecular flexibility index (Phi) is 5.15. The van der Waals surface area contributed by atoms with Crippen molar-refractivity contribution in [3.63, 3.8) is 0 Å². The highest BCUT2D eigenvalue weighted by molar-refractivity contribution is 5.85. The van der Waals surface area contributed by atoms with E-state index in [1.54, 1.807) is 5.32 Å². The zero-order chi connectivity index (χ0) is 14.5. The van der Waals surface area contributed by atoms with Crippen LogP contribution in [0, 0.1) is 16.7 Å². The summed E-state index contributed by atoms with van der Waals surface area (Å²) in [6, 6.07) is 1.88. The van der Waals surface area contributed by atoms with Crippen LogP contribution in [-0.2, 0) is 4.79 Å². The molecule has 0 aliphatic heterocycles. The van der Waals surface area contributed by atoms with Crippen molar-refractivity contribution in [2.45, 2.75) is 50.9 Å². The Morgan fingerprint density at radius 2 is 1.79 bits per heavy atom. The number of carbonyl (C=O) groups excluding carboxylic acids is 1. The van der Waals surface area contributed by atoms with Crippen molar-refractivity contribution < 1.29 is 22.4 Å². The second kappa shape index (κ2) is 6.22. The molecule has 1 aliphatic rings. The van der Waals surface area contributed by atoms with Crippen LogP contribution in [0.15, 0.2) is 0 Å². The second-order valence-corrected chi connectivity index (χ2v) is 4.85. The second-order valence-electron chi connectivity index (χ2n) is 4.85. The fourth-order valence-electron chi connectivity index (χ4n) is 2.17. The highest BCUT2D eigenvalue weighted by Gasteiger charge is 2.44. The summed E-state index contributed by atoms with van der Waals surface area (Å²) in [6.07, 6.45) is -0.183. The number of nitriles is 1. The Morgan fingerprint density at radius 1 is 1.26 bits per heavy atom. The van der Waals surface area contributed by atoms with Crippen LogP contribution in [0.4, 0.5) is 17.6 Å². The van der Waals surface area contributed by atoms with E-state index in [0.29, 0.717) is 12.8 Å². The number of carbonyl (C=O) groups is 1. The molecule has 0 heterocycles. The van der Waals surface area contributed by atoms with Gasteiger partial charge < -0.3 is 5.32 Å². The highest BCUT2D eigenvalue weighted by Crippen LogP contribution is 2.35. The van der Waals surface area contributed by atoms with E-state index in [2.05, 4.69) is 0 Å². The molecule has 1 N–H and O–H groups in total. The van der Waals surface area contributed by atoms with Crippen LogP contribution in [0.3, 0.4) is 0 Å². The van der Waals surface area contributed by atoms with Gasteiger partial charge in [-0.15, -0.1) is 0 Å². The lowest BCUT2D eigenvalue weighted by Gasteiger charge is -2.25. The van der Waals surface area contributed by atoms with Gasteiger partial charge in [0, 0.05) is 0 Å². The zero-order valence-electron chi connectivity index (χ0n) is 10.4. The molecule has 0 spiro atoms. The summed E-state index contributed by atoms with van der Waals surface area (Å²) in [5, 5.41) is 10.9.